The number of carbonyl (C=O) groups excluding carboxylic acids is 2. The highest BCUT2D eigenvalue weighted by Gasteiger charge is 2.20. The van der Waals surface area contributed by atoms with E-state index in [2.05, 4.69) is 9.64 Å². The highest BCUT2D eigenvalue weighted by atomic mass is 19.1. The molecule has 6 nitrogen and oxygen atoms in total. The van der Waals surface area contributed by atoms with Gasteiger partial charge >= 0.3 is 5.97 Å². The number of piperazine rings is 1. The summed E-state index contributed by atoms with van der Waals surface area (Å²) in [7, 11) is 1.21. The Balaban J connectivity index is 1.60. The lowest BCUT2D eigenvalue weighted by atomic mass is 10.1. The van der Waals surface area contributed by atoms with Crippen molar-refractivity contribution in [2.45, 2.75) is 6.54 Å². The van der Waals surface area contributed by atoms with E-state index in [0.29, 0.717) is 38.4 Å². The van der Waals surface area contributed by atoms with Crippen LogP contribution in [0.4, 0.5) is 14.5 Å². The van der Waals surface area contributed by atoms with Crippen LogP contribution in [0.15, 0.2) is 36.4 Å². The Labute approximate surface area is 161 Å². The topological polar surface area (TPSA) is 75.9 Å². The number of hydrogen-bond acceptors (Lipinski definition) is 5. The molecule has 1 heterocycles. The Morgan fingerprint density at radius 3 is 2.21 bits per heavy atom. The van der Waals surface area contributed by atoms with Gasteiger partial charge in [0.15, 0.2) is 0 Å². The number of nitrogens with zero attached hydrogens (tertiary/aromatic N) is 2. The summed E-state index contributed by atoms with van der Waals surface area (Å²) in [6.45, 7) is 3.29. The van der Waals surface area contributed by atoms with Crippen molar-refractivity contribution in [2.24, 2.45) is 5.73 Å². The van der Waals surface area contributed by atoms with Gasteiger partial charge in [0, 0.05) is 38.4 Å². The molecular weight excluding hydrogens is 368 g/mol. The summed E-state index contributed by atoms with van der Waals surface area (Å²) >= 11 is 0. The summed E-state index contributed by atoms with van der Waals surface area (Å²) in [4.78, 5) is 26.8. The second kappa shape index (κ2) is 8.35. The largest absolute Gasteiger partial charge is 0.465 e. The molecule has 1 aliphatic heterocycles. The first-order chi connectivity index (χ1) is 13.4. The lowest BCUT2D eigenvalue weighted by Crippen LogP contribution is -2.46. The van der Waals surface area contributed by atoms with E-state index in [0.717, 1.165) is 5.56 Å². The average molecular weight is 389 g/mol. The number of rotatable bonds is 5. The van der Waals surface area contributed by atoms with Gasteiger partial charge in [0.05, 0.1) is 18.2 Å². The minimum Gasteiger partial charge on any atom is -0.465 e. The van der Waals surface area contributed by atoms with Crippen LogP contribution in [0, 0.1) is 11.6 Å². The molecule has 0 spiro atoms. The zero-order chi connectivity index (χ0) is 20.3. The van der Waals surface area contributed by atoms with Crippen LogP contribution in [0.25, 0.3) is 0 Å². The van der Waals surface area contributed by atoms with Gasteiger partial charge in [-0.3, -0.25) is 9.69 Å². The fourth-order valence-corrected chi connectivity index (χ4v) is 3.26. The maximum atomic E-state index is 14.1. The number of benzene rings is 2. The molecule has 2 aromatic rings. The van der Waals surface area contributed by atoms with E-state index in [4.69, 9.17) is 5.73 Å². The van der Waals surface area contributed by atoms with Crippen LogP contribution in [0.5, 0.6) is 0 Å². The van der Waals surface area contributed by atoms with E-state index in [9.17, 15) is 18.4 Å². The van der Waals surface area contributed by atoms with Crippen LogP contribution in [0.1, 0.15) is 26.3 Å². The molecule has 0 aliphatic carbocycles. The van der Waals surface area contributed by atoms with Crippen molar-refractivity contribution in [2.75, 3.05) is 38.2 Å². The molecule has 1 amide bonds. The molecule has 2 N–H and O–H groups in total. The van der Waals surface area contributed by atoms with Gasteiger partial charge in [-0.25, -0.2) is 13.6 Å². The van der Waals surface area contributed by atoms with E-state index in [-0.39, 0.29) is 11.1 Å². The van der Waals surface area contributed by atoms with Gasteiger partial charge < -0.3 is 15.4 Å². The smallest absolute Gasteiger partial charge is 0.340 e. The number of hydrogen-bond donors (Lipinski definition) is 1. The number of carbonyl (C=O) groups is 2. The standard InChI is InChI=1S/C20H21F2N3O3/c1-28-20(27)16-4-2-13(10-17(16)21)12-24-6-8-25(9-7-24)14-3-5-15(19(23)26)18(22)11-14/h2-5,10-11H,6-9,12H2,1H3,(H2,23,26). The van der Waals surface area contributed by atoms with Gasteiger partial charge in [-0.2, -0.15) is 0 Å². The lowest BCUT2D eigenvalue weighted by Gasteiger charge is -2.36. The molecule has 0 aromatic heterocycles. The highest BCUT2D eigenvalue weighted by Crippen LogP contribution is 2.21. The average Bonchev–Trinajstić information content (AvgIpc) is 2.68. The molecular formula is C20H21F2N3O3. The molecule has 2 aromatic carbocycles. The van der Waals surface area contributed by atoms with Crippen molar-refractivity contribution in [3.63, 3.8) is 0 Å². The molecule has 0 bridgehead atoms. The van der Waals surface area contributed by atoms with Crippen LogP contribution in [-0.4, -0.2) is 50.1 Å². The van der Waals surface area contributed by atoms with Gasteiger partial charge in [-0.05, 0) is 35.9 Å². The molecule has 3 rings (SSSR count). The predicted molar refractivity (Wildman–Crippen MR) is 100 cm³/mol. The Morgan fingerprint density at radius 1 is 1.00 bits per heavy atom. The zero-order valence-electron chi connectivity index (χ0n) is 15.5. The molecule has 0 atom stereocenters. The van der Waals surface area contributed by atoms with E-state index in [1.807, 2.05) is 4.90 Å². The van der Waals surface area contributed by atoms with Crippen molar-refractivity contribution in [3.8, 4) is 0 Å². The minimum absolute atomic E-state index is 0.0856. The normalized spacial score (nSPS) is 14.8. The third kappa shape index (κ3) is 4.28. The van der Waals surface area contributed by atoms with Crippen molar-refractivity contribution in [3.05, 3.63) is 64.7 Å². The van der Waals surface area contributed by atoms with Gasteiger partial charge in [-0.15, -0.1) is 0 Å². The number of primary amides is 1. The molecule has 1 saturated heterocycles. The fraction of sp³-hybridized carbons (Fsp3) is 0.300. The molecule has 0 saturated carbocycles. The van der Waals surface area contributed by atoms with Gasteiger partial charge in [-0.1, -0.05) is 6.07 Å². The molecule has 0 unspecified atom stereocenters. The number of nitrogens with two attached hydrogens (primary N) is 1. The molecule has 8 heteroatoms. The number of ether oxygens (including phenoxy) is 1. The van der Waals surface area contributed by atoms with Gasteiger partial charge in [0.2, 0.25) is 0 Å². The third-order valence-corrected chi connectivity index (χ3v) is 4.80. The number of esters is 1. The maximum absolute atomic E-state index is 14.1. The second-order valence-corrected chi connectivity index (χ2v) is 6.60. The Bertz CT molecular complexity index is 896. The first-order valence-corrected chi connectivity index (χ1v) is 8.82. The van der Waals surface area contributed by atoms with Crippen LogP contribution in [0.2, 0.25) is 0 Å². The molecule has 0 radical (unpaired) electrons. The quantitative estimate of drug-likeness (QED) is 0.794. The summed E-state index contributed by atoms with van der Waals surface area (Å²) in [6, 6.07) is 8.87. The third-order valence-electron chi connectivity index (χ3n) is 4.80. The van der Waals surface area contributed by atoms with Crippen LogP contribution >= 0.6 is 0 Å². The molecule has 148 valence electrons. The summed E-state index contributed by atoms with van der Waals surface area (Å²) in [5.41, 5.74) is 6.37. The Hall–Kier alpha value is -3.00. The van der Waals surface area contributed by atoms with Gasteiger partial charge in [0.1, 0.15) is 11.6 Å². The first-order valence-electron chi connectivity index (χ1n) is 8.82. The number of methoxy groups -OCH3 is 1. The summed E-state index contributed by atoms with van der Waals surface area (Å²) in [5.74, 6) is -2.73. The second-order valence-electron chi connectivity index (χ2n) is 6.60. The predicted octanol–water partition coefficient (Wildman–Crippen LogP) is 2.17. The van der Waals surface area contributed by atoms with Crippen molar-refractivity contribution >= 4 is 17.6 Å². The number of halogens is 2. The van der Waals surface area contributed by atoms with Crippen LogP contribution < -0.4 is 10.6 Å². The van der Waals surface area contributed by atoms with Gasteiger partial charge in [0.25, 0.3) is 5.91 Å². The van der Waals surface area contributed by atoms with Crippen molar-refractivity contribution < 1.29 is 23.1 Å². The molecule has 1 fully saturated rings. The van der Waals surface area contributed by atoms with Crippen molar-refractivity contribution in [1.29, 1.82) is 0 Å². The summed E-state index contributed by atoms with van der Waals surface area (Å²) in [5, 5.41) is 0. The maximum Gasteiger partial charge on any atom is 0.340 e. The molecule has 1 aliphatic rings. The lowest BCUT2D eigenvalue weighted by molar-refractivity contribution is 0.0595. The molecule has 28 heavy (non-hydrogen) atoms. The van der Waals surface area contributed by atoms with Crippen LogP contribution in [-0.2, 0) is 11.3 Å². The van der Waals surface area contributed by atoms with E-state index >= 15 is 0 Å². The Kier molecular flexibility index (Phi) is 5.89. The zero-order valence-corrected chi connectivity index (χ0v) is 15.5. The Morgan fingerprint density at radius 2 is 1.64 bits per heavy atom. The first kappa shape index (κ1) is 19.8. The highest BCUT2D eigenvalue weighted by molar-refractivity contribution is 5.93. The monoisotopic (exact) mass is 389 g/mol. The van der Waals surface area contributed by atoms with E-state index < -0.39 is 23.5 Å². The SMILES string of the molecule is COC(=O)c1ccc(CN2CCN(c3ccc(C(N)=O)c(F)c3)CC2)cc1F. The number of amides is 1. The minimum atomic E-state index is -0.792. The summed E-state index contributed by atoms with van der Waals surface area (Å²) in [6.07, 6.45) is 0. The van der Waals surface area contributed by atoms with E-state index in [1.165, 1.54) is 31.4 Å². The van der Waals surface area contributed by atoms with Crippen LogP contribution in [0.3, 0.4) is 0 Å². The summed E-state index contributed by atoms with van der Waals surface area (Å²) < 4.78 is 32.6. The number of anilines is 1. The fourth-order valence-electron chi connectivity index (χ4n) is 3.26. The van der Waals surface area contributed by atoms with Crippen molar-refractivity contribution in [1.82, 2.24) is 4.90 Å². The van der Waals surface area contributed by atoms with E-state index in [1.54, 1.807) is 12.1 Å².